The number of hydrogen-bond donors (Lipinski definition) is 1. The number of anilines is 1. The fourth-order valence-corrected chi connectivity index (χ4v) is 3.19. The van der Waals surface area contributed by atoms with E-state index >= 15 is 0 Å². The molecule has 0 unspecified atom stereocenters. The average Bonchev–Trinajstić information content (AvgIpc) is 3.41. The maximum atomic E-state index is 14.6. The van der Waals surface area contributed by atoms with E-state index in [2.05, 4.69) is 15.4 Å². The normalized spacial score (nSPS) is 11.3. The molecule has 0 saturated carbocycles. The van der Waals surface area contributed by atoms with Gasteiger partial charge in [-0.05, 0) is 43.3 Å². The highest BCUT2D eigenvalue weighted by atomic mass is 19.4. The van der Waals surface area contributed by atoms with Crippen LogP contribution in [0.3, 0.4) is 0 Å². The van der Waals surface area contributed by atoms with Crippen molar-refractivity contribution in [2.75, 3.05) is 5.32 Å². The van der Waals surface area contributed by atoms with Crippen LogP contribution in [-0.2, 0) is 6.18 Å². The van der Waals surface area contributed by atoms with Crippen molar-refractivity contribution in [3.8, 4) is 17.4 Å². The summed E-state index contributed by atoms with van der Waals surface area (Å²) in [6, 6.07) is 12.0. The zero-order chi connectivity index (χ0) is 23.8. The van der Waals surface area contributed by atoms with Crippen molar-refractivity contribution in [3.05, 3.63) is 89.5 Å². The fourth-order valence-electron chi connectivity index (χ4n) is 3.19. The Morgan fingerprint density at radius 1 is 1.15 bits per heavy atom. The van der Waals surface area contributed by atoms with E-state index in [0.29, 0.717) is 11.9 Å². The van der Waals surface area contributed by atoms with Crippen molar-refractivity contribution < 1.29 is 22.4 Å². The molecule has 0 atom stereocenters. The van der Waals surface area contributed by atoms with E-state index in [0.717, 1.165) is 10.7 Å². The smallest absolute Gasteiger partial charge is 0.321 e. The molecule has 0 aliphatic carbocycles. The highest BCUT2D eigenvalue weighted by Gasteiger charge is 2.36. The van der Waals surface area contributed by atoms with E-state index in [-0.39, 0.29) is 22.6 Å². The molecule has 166 valence electrons. The molecule has 0 fully saturated rings. The summed E-state index contributed by atoms with van der Waals surface area (Å²) < 4.78 is 56.8. The molecule has 0 aliphatic heterocycles. The molecule has 0 bridgehead atoms. The Morgan fingerprint density at radius 3 is 2.58 bits per heavy atom. The van der Waals surface area contributed by atoms with Gasteiger partial charge in [0.2, 0.25) is 0 Å². The number of hydrogen-bond acceptors (Lipinski definition) is 4. The van der Waals surface area contributed by atoms with Crippen LogP contribution in [0, 0.1) is 24.1 Å². The van der Waals surface area contributed by atoms with Gasteiger partial charge in [-0.15, -0.1) is 0 Å². The van der Waals surface area contributed by atoms with Gasteiger partial charge in [0.05, 0.1) is 23.0 Å². The minimum Gasteiger partial charge on any atom is -0.321 e. The van der Waals surface area contributed by atoms with Gasteiger partial charge in [-0.2, -0.15) is 23.5 Å². The number of halogens is 4. The van der Waals surface area contributed by atoms with Crippen LogP contribution in [-0.4, -0.2) is 25.2 Å². The lowest BCUT2D eigenvalue weighted by molar-refractivity contribution is -0.141. The first-order chi connectivity index (χ1) is 15.7. The summed E-state index contributed by atoms with van der Waals surface area (Å²) in [5.74, 6) is -1.06. The minimum absolute atomic E-state index is 0.0334. The lowest BCUT2D eigenvalue weighted by atomic mass is 10.2. The number of rotatable bonds is 4. The van der Waals surface area contributed by atoms with E-state index in [9.17, 15) is 22.4 Å². The minimum atomic E-state index is -4.80. The molecule has 0 saturated heterocycles. The van der Waals surface area contributed by atoms with Crippen molar-refractivity contribution in [1.29, 1.82) is 5.26 Å². The molecule has 0 spiro atoms. The first-order valence-corrected chi connectivity index (χ1v) is 9.46. The zero-order valence-electron chi connectivity index (χ0n) is 16.9. The van der Waals surface area contributed by atoms with Crippen LogP contribution in [0.5, 0.6) is 0 Å². The first-order valence-electron chi connectivity index (χ1n) is 9.46. The molecule has 33 heavy (non-hydrogen) atoms. The number of carbonyl (C=O) groups excluding carboxylic acids is 1. The monoisotopic (exact) mass is 454 g/mol. The Balaban J connectivity index is 1.69. The predicted octanol–water partition coefficient (Wildman–Crippen LogP) is 4.65. The molecule has 2 heterocycles. The third-order valence-corrected chi connectivity index (χ3v) is 4.74. The third-order valence-electron chi connectivity index (χ3n) is 4.74. The van der Waals surface area contributed by atoms with Gasteiger partial charge in [0, 0.05) is 24.1 Å². The maximum Gasteiger partial charge on any atom is 0.435 e. The third kappa shape index (κ3) is 4.31. The topological polar surface area (TPSA) is 88.5 Å². The quantitative estimate of drug-likeness (QED) is 0.455. The largest absolute Gasteiger partial charge is 0.435 e. The highest BCUT2D eigenvalue weighted by Crippen LogP contribution is 2.30. The van der Waals surface area contributed by atoms with Gasteiger partial charge in [-0.3, -0.25) is 4.79 Å². The molecule has 2 aromatic heterocycles. The Labute approximate surface area is 184 Å². The highest BCUT2D eigenvalue weighted by molar-refractivity contribution is 6.03. The SMILES string of the molecule is Cc1nccn1-c1ccc(NC(=O)c2cc(C(F)(F)F)nn2-c2cccc(C#N)c2)cc1F. The molecule has 4 aromatic rings. The summed E-state index contributed by atoms with van der Waals surface area (Å²) in [5.41, 5.74) is -1.23. The van der Waals surface area contributed by atoms with Crippen molar-refractivity contribution in [1.82, 2.24) is 19.3 Å². The van der Waals surface area contributed by atoms with Gasteiger partial charge in [0.15, 0.2) is 5.69 Å². The second kappa shape index (κ2) is 8.23. The van der Waals surface area contributed by atoms with Crippen LogP contribution < -0.4 is 5.32 Å². The summed E-state index contributed by atoms with van der Waals surface area (Å²) in [5, 5.41) is 15.0. The number of nitrogens with one attached hydrogen (secondary N) is 1. The Kier molecular flexibility index (Phi) is 5.43. The molecule has 1 N–H and O–H groups in total. The molecule has 0 aliphatic rings. The van der Waals surface area contributed by atoms with Gasteiger partial charge in [-0.25, -0.2) is 14.1 Å². The number of nitrogens with zero attached hydrogens (tertiary/aromatic N) is 5. The first kappa shape index (κ1) is 21.8. The lowest BCUT2D eigenvalue weighted by Gasteiger charge is -2.11. The van der Waals surface area contributed by atoms with Crippen LogP contribution in [0.2, 0.25) is 0 Å². The van der Waals surface area contributed by atoms with Gasteiger partial charge in [0.1, 0.15) is 17.3 Å². The molecule has 7 nitrogen and oxygen atoms in total. The van der Waals surface area contributed by atoms with Gasteiger partial charge in [0.25, 0.3) is 5.91 Å². The Hall–Kier alpha value is -4.46. The summed E-state index contributed by atoms with van der Waals surface area (Å²) in [6.07, 6.45) is -1.73. The van der Waals surface area contributed by atoms with Crippen molar-refractivity contribution >= 4 is 11.6 Å². The van der Waals surface area contributed by atoms with E-state index < -0.39 is 29.3 Å². The van der Waals surface area contributed by atoms with Gasteiger partial charge in [-0.1, -0.05) is 6.07 Å². The van der Waals surface area contributed by atoms with Crippen molar-refractivity contribution in [3.63, 3.8) is 0 Å². The number of amides is 1. The number of imidazole rings is 1. The number of carbonyl (C=O) groups is 1. The molecular weight excluding hydrogens is 440 g/mol. The van der Waals surface area contributed by atoms with Crippen LogP contribution in [0.25, 0.3) is 11.4 Å². The zero-order valence-corrected chi connectivity index (χ0v) is 16.9. The van der Waals surface area contributed by atoms with Gasteiger partial charge < -0.3 is 9.88 Å². The summed E-state index contributed by atoms with van der Waals surface area (Å²) in [6.45, 7) is 1.69. The van der Waals surface area contributed by atoms with E-state index in [1.54, 1.807) is 13.1 Å². The second-order valence-corrected chi connectivity index (χ2v) is 6.95. The molecule has 1 amide bonds. The number of aromatic nitrogens is 4. The van der Waals surface area contributed by atoms with Crippen LogP contribution in [0.1, 0.15) is 27.6 Å². The van der Waals surface area contributed by atoms with E-state index in [4.69, 9.17) is 5.26 Å². The average molecular weight is 454 g/mol. The second-order valence-electron chi connectivity index (χ2n) is 6.95. The predicted molar refractivity (Wildman–Crippen MR) is 109 cm³/mol. The molecule has 4 rings (SSSR count). The van der Waals surface area contributed by atoms with E-state index in [1.165, 1.54) is 47.2 Å². The maximum absolute atomic E-state index is 14.6. The van der Waals surface area contributed by atoms with Crippen LogP contribution in [0.15, 0.2) is 60.9 Å². The lowest BCUT2D eigenvalue weighted by Crippen LogP contribution is -2.17. The summed E-state index contributed by atoms with van der Waals surface area (Å²) in [4.78, 5) is 16.9. The van der Waals surface area contributed by atoms with Crippen LogP contribution in [0.4, 0.5) is 23.2 Å². The fraction of sp³-hybridized carbons (Fsp3) is 0.0909. The molecule has 11 heteroatoms. The number of alkyl halides is 3. The molecule has 2 aromatic carbocycles. The number of benzene rings is 2. The standard InChI is InChI=1S/C22H14F4N6O/c1-13-28-7-8-31(13)18-6-5-15(10-17(18)23)29-21(33)19-11-20(22(24,25)26)30-32(19)16-4-2-3-14(9-16)12-27/h2-11H,1H3,(H,29,33). The summed E-state index contributed by atoms with van der Waals surface area (Å²) in [7, 11) is 0. The summed E-state index contributed by atoms with van der Waals surface area (Å²) >= 11 is 0. The molecule has 0 radical (unpaired) electrons. The number of aryl methyl sites for hydroxylation is 1. The molecular formula is C22H14F4N6O. The van der Waals surface area contributed by atoms with Crippen molar-refractivity contribution in [2.45, 2.75) is 13.1 Å². The van der Waals surface area contributed by atoms with Gasteiger partial charge >= 0.3 is 6.18 Å². The van der Waals surface area contributed by atoms with Crippen molar-refractivity contribution in [2.24, 2.45) is 0 Å². The van der Waals surface area contributed by atoms with Crippen LogP contribution >= 0.6 is 0 Å². The number of nitriles is 1. The Bertz CT molecular complexity index is 1400. The van der Waals surface area contributed by atoms with E-state index in [1.807, 2.05) is 6.07 Å². The Morgan fingerprint density at radius 2 is 1.94 bits per heavy atom.